The third-order valence-corrected chi connectivity index (χ3v) is 8.90. The normalized spacial score (nSPS) is 11.8. The summed E-state index contributed by atoms with van der Waals surface area (Å²) in [5.74, 6) is 0.573. The maximum atomic E-state index is 13.2. The summed E-state index contributed by atoms with van der Waals surface area (Å²) < 4.78 is 39.7. The number of halogens is 5. The molecule has 0 saturated carbocycles. The molecule has 0 bridgehead atoms. The molecule has 0 amide bonds. The van der Waals surface area contributed by atoms with Crippen molar-refractivity contribution in [2.45, 2.75) is 85.2 Å². The summed E-state index contributed by atoms with van der Waals surface area (Å²) in [4.78, 5) is 0. The quantitative estimate of drug-likeness (QED) is 0.163. The molecule has 49 heavy (non-hydrogen) atoms. The van der Waals surface area contributed by atoms with Crippen LogP contribution in [0, 0.1) is 6.92 Å². The molecule has 0 saturated heterocycles. The number of hydrogen-bond acceptors (Lipinski definition) is 0. The number of rotatable bonds is 3. The topological polar surface area (TPSA) is 0 Å². The Bertz CT molecular complexity index is 1960. The summed E-state index contributed by atoms with van der Waals surface area (Å²) in [7, 11) is 0. The molecular formula is C43H45Cl2F3Zr. The van der Waals surface area contributed by atoms with E-state index in [-0.39, 0.29) is 67.2 Å². The van der Waals surface area contributed by atoms with Crippen molar-refractivity contribution in [3.8, 4) is 22.3 Å². The van der Waals surface area contributed by atoms with Gasteiger partial charge in [-0.25, -0.2) is 0 Å². The first-order chi connectivity index (χ1) is 21.4. The van der Waals surface area contributed by atoms with Crippen LogP contribution in [0.25, 0.3) is 43.8 Å². The van der Waals surface area contributed by atoms with Crippen LogP contribution in [-0.4, -0.2) is 0 Å². The van der Waals surface area contributed by atoms with E-state index >= 15 is 0 Å². The number of alkyl halides is 3. The fourth-order valence-corrected chi connectivity index (χ4v) is 6.09. The molecule has 0 aliphatic carbocycles. The monoisotopic (exact) mass is 778 g/mol. The zero-order chi connectivity index (χ0) is 33.6. The molecule has 0 aromatic heterocycles. The Kier molecular flexibility index (Phi) is 14.0. The first kappa shape index (κ1) is 42.5. The first-order valence-corrected chi connectivity index (χ1v) is 16.1. The van der Waals surface area contributed by atoms with Gasteiger partial charge in [0.25, 0.3) is 0 Å². The van der Waals surface area contributed by atoms with Gasteiger partial charge in [-0.05, 0) is 44.6 Å². The summed E-state index contributed by atoms with van der Waals surface area (Å²) in [6, 6.07) is 34.6. The molecule has 0 atom stereocenters. The summed E-state index contributed by atoms with van der Waals surface area (Å²) >= 11 is 0. The predicted molar refractivity (Wildman–Crippen MR) is 191 cm³/mol. The van der Waals surface area contributed by atoms with Gasteiger partial charge < -0.3 is 24.8 Å². The number of benzene rings is 4. The maximum Gasteiger partial charge on any atom is 4.00 e. The molecule has 6 heteroatoms. The number of aryl methyl sites for hydroxylation is 1. The van der Waals surface area contributed by atoms with E-state index in [4.69, 9.17) is 0 Å². The van der Waals surface area contributed by atoms with E-state index in [9.17, 15) is 13.2 Å². The van der Waals surface area contributed by atoms with E-state index in [2.05, 4.69) is 122 Å². The zero-order valence-electron chi connectivity index (χ0n) is 29.8. The molecule has 0 unspecified atom stereocenters. The van der Waals surface area contributed by atoms with Crippen molar-refractivity contribution in [2.75, 3.05) is 0 Å². The standard InChI is InChI=1S/C22H25.C21H20F3.2ClH.Zr/c1-15(2)18-13-17-7-6-8-20(21(17)14-18)16-9-11-19(12-10-16)22(3,4)5;1-13-11-17-16(9-10-19(18(17)12-13)21(22,23)24)14-5-7-15(8-6-14)20(2,3)4;;;/h6-15H,1-5H3;5-12H,1-4H3;2*1H;/q2*-1;;;+4/p-2. The molecule has 6 aromatic carbocycles. The minimum absolute atomic E-state index is 0. The van der Waals surface area contributed by atoms with Crippen molar-refractivity contribution in [3.63, 3.8) is 0 Å². The van der Waals surface area contributed by atoms with Crippen LogP contribution in [0.1, 0.15) is 89.1 Å². The second-order valence-electron chi connectivity index (χ2n) is 14.9. The van der Waals surface area contributed by atoms with Gasteiger partial charge in [-0.1, -0.05) is 140 Å². The summed E-state index contributed by atoms with van der Waals surface area (Å²) in [6.45, 7) is 19.5. The molecule has 0 N–H and O–H groups in total. The SMILES string of the molecule is CC(C)c1cc2c(-c3ccc(C(C)(C)C)cc3)cccc2[cH-]1.Cc1cc2c(-c3ccc(C(C)(C)C)cc3)ccc(C(F)(F)F)c2[cH-]1.[Cl-].[Cl-].[Zr+4]. The van der Waals surface area contributed by atoms with Crippen molar-refractivity contribution in [3.05, 3.63) is 131 Å². The van der Waals surface area contributed by atoms with Crippen LogP contribution in [0.5, 0.6) is 0 Å². The fraction of sp³-hybridized carbons (Fsp3) is 0.302. The second kappa shape index (κ2) is 16.1. The molecule has 0 aliphatic heterocycles. The minimum atomic E-state index is -4.34. The zero-order valence-corrected chi connectivity index (χ0v) is 33.8. The Morgan fingerprint density at radius 2 is 1.08 bits per heavy atom. The molecule has 6 rings (SSSR count). The smallest absolute Gasteiger partial charge is 1.00 e. The average molecular weight is 781 g/mol. The Morgan fingerprint density at radius 1 is 0.592 bits per heavy atom. The van der Waals surface area contributed by atoms with E-state index in [1.54, 1.807) is 12.1 Å². The van der Waals surface area contributed by atoms with Crippen molar-refractivity contribution >= 4 is 21.5 Å². The van der Waals surface area contributed by atoms with Gasteiger partial charge in [0.1, 0.15) is 0 Å². The maximum absolute atomic E-state index is 13.2. The van der Waals surface area contributed by atoms with Crippen molar-refractivity contribution in [2.24, 2.45) is 0 Å². The summed E-state index contributed by atoms with van der Waals surface area (Å²) in [6.07, 6.45) is -4.34. The summed E-state index contributed by atoms with van der Waals surface area (Å²) in [5, 5.41) is 3.65. The Balaban J connectivity index is 0.000000321. The third-order valence-electron chi connectivity index (χ3n) is 8.90. The Morgan fingerprint density at radius 3 is 1.53 bits per heavy atom. The molecule has 0 spiro atoms. The molecular weight excluding hydrogens is 736 g/mol. The van der Waals surface area contributed by atoms with E-state index in [0.717, 1.165) is 16.7 Å². The molecule has 0 nitrogen and oxygen atoms in total. The van der Waals surface area contributed by atoms with Gasteiger partial charge in [0, 0.05) is 0 Å². The second-order valence-corrected chi connectivity index (χ2v) is 14.9. The van der Waals surface area contributed by atoms with Gasteiger partial charge in [0.2, 0.25) is 0 Å². The average Bonchev–Trinajstić information content (AvgIpc) is 3.59. The van der Waals surface area contributed by atoms with Crippen molar-refractivity contribution in [1.29, 1.82) is 0 Å². The third kappa shape index (κ3) is 9.57. The van der Waals surface area contributed by atoms with E-state index in [1.807, 2.05) is 25.1 Å². The van der Waals surface area contributed by atoms with Crippen LogP contribution in [0.3, 0.4) is 0 Å². The van der Waals surface area contributed by atoms with Crippen LogP contribution < -0.4 is 24.8 Å². The summed E-state index contributed by atoms with van der Waals surface area (Å²) in [5.41, 5.74) is 8.95. The van der Waals surface area contributed by atoms with Crippen LogP contribution >= 0.6 is 0 Å². The van der Waals surface area contributed by atoms with Gasteiger partial charge in [0.05, 0.1) is 0 Å². The largest absolute Gasteiger partial charge is 4.00 e. The molecule has 0 heterocycles. The Hall–Kier alpha value is -2.65. The van der Waals surface area contributed by atoms with E-state index < -0.39 is 11.7 Å². The van der Waals surface area contributed by atoms with Gasteiger partial charge in [-0.3, -0.25) is 0 Å². The minimum Gasteiger partial charge on any atom is -1.00 e. The van der Waals surface area contributed by atoms with Gasteiger partial charge in [-0.2, -0.15) is 25.3 Å². The van der Waals surface area contributed by atoms with Gasteiger partial charge >= 0.3 is 32.4 Å². The fourth-order valence-electron chi connectivity index (χ4n) is 6.09. The van der Waals surface area contributed by atoms with Gasteiger partial charge in [-0.15, -0.1) is 56.9 Å². The number of fused-ring (bicyclic) bond motifs is 2. The van der Waals surface area contributed by atoms with Crippen LogP contribution in [0.2, 0.25) is 0 Å². The van der Waals surface area contributed by atoms with Crippen LogP contribution in [-0.2, 0) is 43.2 Å². The molecule has 0 aliphatic rings. The molecule has 256 valence electrons. The molecule has 6 aromatic rings. The molecule has 0 fully saturated rings. The van der Waals surface area contributed by atoms with E-state index in [1.165, 1.54) is 44.7 Å². The first-order valence-electron chi connectivity index (χ1n) is 16.1. The van der Waals surface area contributed by atoms with Gasteiger partial charge in [0.15, 0.2) is 0 Å². The Labute approximate surface area is 322 Å². The van der Waals surface area contributed by atoms with Crippen molar-refractivity contribution in [1.82, 2.24) is 0 Å². The van der Waals surface area contributed by atoms with Crippen LogP contribution in [0.15, 0.2) is 103 Å². The number of hydrogen-bond donors (Lipinski definition) is 0. The van der Waals surface area contributed by atoms with E-state index in [0.29, 0.717) is 11.3 Å². The van der Waals surface area contributed by atoms with Crippen LogP contribution in [0.4, 0.5) is 13.2 Å². The van der Waals surface area contributed by atoms with Crippen molar-refractivity contribution < 1.29 is 64.2 Å². The predicted octanol–water partition coefficient (Wildman–Crippen LogP) is 7.50. The molecule has 0 radical (unpaired) electrons.